The largest absolute Gasteiger partial charge is 0.392 e. The maximum absolute atomic E-state index is 9.26. The van der Waals surface area contributed by atoms with Gasteiger partial charge in [0.1, 0.15) is 0 Å². The molecule has 0 bridgehead atoms. The van der Waals surface area contributed by atoms with E-state index >= 15 is 0 Å². The highest BCUT2D eigenvalue weighted by Crippen LogP contribution is 2.18. The third kappa shape index (κ3) is 3.63. The second-order valence-electron chi connectivity index (χ2n) is 4.37. The molecule has 2 unspecified atom stereocenters. The van der Waals surface area contributed by atoms with Crippen molar-refractivity contribution in [2.24, 2.45) is 11.7 Å². The van der Waals surface area contributed by atoms with E-state index in [9.17, 15) is 5.11 Å². The smallest absolute Gasteiger partial charge is 0.0639 e. The van der Waals surface area contributed by atoms with Crippen LogP contribution < -0.4 is 5.73 Å². The fraction of sp³-hybridized carbons (Fsp3) is 1.00. The van der Waals surface area contributed by atoms with Gasteiger partial charge in [-0.1, -0.05) is 0 Å². The topological polar surface area (TPSA) is 49.5 Å². The van der Waals surface area contributed by atoms with Crippen molar-refractivity contribution in [1.82, 2.24) is 4.90 Å². The highest BCUT2D eigenvalue weighted by atomic mass is 16.3. The molecule has 1 rings (SSSR count). The van der Waals surface area contributed by atoms with Crippen LogP contribution in [0.5, 0.6) is 0 Å². The van der Waals surface area contributed by atoms with E-state index in [-0.39, 0.29) is 12.1 Å². The number of nitrogens with zero attached hydrogens (tertiary/aromatic N) is 1. The van der Waals surface area contributed by atoms with Crippen LogP contribution >= 0.6 is 0 Å². The Morgan fingerprint density at radius 3 is 2.77 bits per heavy atom. The Balaban J connectivity index is 2.33. The summed E-state index contributed by atoms with van der Waals surface area (Å²) in [6.07, 6.45) is 2.25. The van der Waals surface area contributed by atoms with Crippen LogP contribution in [0.2, 0.25) is 0 Å². The van der Waals surface area contributed by atoms with Crippen molar-refractivity contribution in [1.29, 1.82) is 0 Å². The Morgan fingerprint density at radius 1 is 1.54 bits per heavy atom. The fourth-order valence-corrected chi connectivity index (χ4v) is 2.06. The van der Waals surface area contributed by atoms with E-state index in [2.05, 4.69) is 11.8 Å². The van der Waals surface area contributed by atoms with Gasteiger partial charge in [-0.25, -0.2) is 0 Å². The number of hydrogen-bond acceptors (Lipinski definition) is 3. The highest BCUT2D eigenvalue weighted by molar-refractivity contribution is 4.78. The molecule has 3 heteroatoms. The second kappa shape index (κ2) is 4.94. The minimum atomic E-state index is -0.216. The molecule has 1 heterocycles. The average molecular weight is 186 g/mol. The van der Waals surface area contributed by atoms with Crippen molar-refractivity contribution in [2.75, 3.05) is 19.6 Å². The maximum atomic E-state index is 9.26. The van der Waals surface area contributed by atoms with E-state index in [1.807, 2.05) is 6.92 Å². The molecule has 3 atom stereocenters. The van der Waals surface area contributed by atoms with Crippen molar-refractivity contribution in [3.8, 4) is 0 Å². The van der Waals surface area contributed by atoms with Crippen LogP contribution in [0.4, 0.5) is 0 Å². The van der Waals surface area contributed by atoms with Crippen LogP contribution in [0.15, 0.2) is 0 Å². The summed E-state index contributed by atoms with van der Waals surface area (Å²) in [5, 5.41) is 9.26. The Morgan fingerprint density at radius 2 is 2.23 bits per heavy atom. The van der Waals surface area contributed by atoms with Gasteiger partial charge in [-0.3, -0.25) is 0 Å². The SMILES string of the molecule is CC(N)C1CCCN(C[C@@H](C)O)C1. The maximum Gasteiger partial charge on any atom is 0.0639 e. The quantitative estimate of drug-likeness (QED) is 0.672. The van der Waals surface area contributed by atoms with Crippen molar-refractivity contribution in [3.05, 3.63) is 0 Å². The highest BCUT2D eigenvalue weighted by Gasteiger charge is 2.22. The van der Waals surface area contributed by atoms with E-state index < -0.39 is 0 Å². The number of β-amino-alcohol motifs (C(OH)–C–C–N with tert-alkyl or cyclic N) is 1. The molecular weight excluding hydrogens is 164 g/mol. The predicted molar refractivity (Wildman–Crippen MR) is 54.5 cm³/mol. The van der Waals surface area contributed by atoms with Gasteiger partial charge in [0, 0.05) is 19.1 Å². The van der Waals surface area contributed by atoms with E-state index in [1.54, 1.807) is 0 Å². The number of rotatable bonds is 3. The third-order valence-corrected chi connectivity index (χ3v) is 2.81. The first kappa shape index (κ1) is 11.0. The number of hydrogen-bond donors (Lipinski definition) is 2. The lowest BCUT2D eigenvalue weighted by Gasteiger charge is -2.35. The molecule has 78 valence electrons. The number of aliphatic hydroxyl groups is 1. The number of nitrogens with two attached hydrogens (primary N) is 1. The van der Waals surface area contributed by atoms with Gasteiger partial charge in [0.25, 0.3) is 0 Å². The monoisotopic (exact) mass is 186 g/mol. The summed E-state index contributed by atoms with van der Waals surface area (Å²) in [7, 11) is 0. The van der Waals surface area contributed by atoms with Crippen LogP contribution in [0, 0.1) is 5.92 Å². The van der Waals surface area contributed by atoms with Crippen LogP contribution in [0.1, 0.15) is 26.7 Å². The number of likely N-dealkylation sites (tertiary alicyclic amines) is 1. The summed E-state index contributed by atoms with van der Waals surface area (Å²) in [6.45, 7) is 6.89. The average Bonchev–Trinajstić information content (AvgIpc) is 2.03. The molecule has 1 aliphatic rings. The summed E-state index contributed by atoms with van der Waals surface area (Å²) < 4.78 is 0. The molecule has 3 N–H and O–H groups in total. The molecule has 13 heavy (non-hydrogen) atoms. The normalized spacial score (nSPS) is 30.0. The van der Waals surface area contributed by atoms with Crippen LogP contribution in [0.3, 0.4) is 0 Å². The Kier molecular flexibility index (Phi) is 4.16. The lowest BCUT2D eigenvalue weighted by atomic mass is 9.92. The van der Waals surface area contributed by atoms with Gasteiger partial charge in [-0.2, -0.15) is 0 Å². The molecule has 1 aliphatic heterocycles. The Bertz CT molecular complexity index is 148. The minimum Gasteiger partial charge on any atom is -0.392 e. The molecule has 0 saturated carbocycles. The van der Waals surface area contributed by atoms with E-state index in [1.165, 1.54) is 12.8 Å². The molecule has 0 radical (unpaired) electrons. The van der Waals surface area contributed by atoms with Crippen molar-refractivity contribution < 1.29 is 5.11 Å². The summed E-state index contributed by atoms with van der Waals surface area (Å²) in [6, 6.07) is 0.289. The van der Waals surface area contributed by atoms with Crippen molar-refractivity contribution >= 4 is 0 Å². The predicted octanol–water partition coefficient (Wildman–Crippen LogP) is 0.426. The molecular formula is C10H22N2O. The van der Waals surface area contributed by atoms with Gasteiger partial charge in [0.2, 0.25) is 0 Å². The molecule has 0 aliphatic carbocycles. The molecule has 1 fully saturated rings. The van der Waals surface area contributed by atoms with Gasteiger partial charge in [-0.15, -0.1) is 0 Å². The summed E-state index contributed by atoms with van der Waals surface area (Å²) in [4.78, 5) is 2.32. The van der Waals surface area contributed by atoms with Gasteiger partial charge in [-0.05, 0) is 39.2 Å². The summed E-state index contributed by atoms with van der Waals surface area (Å²) in [5.41, 5.74) is 5.87. The Labute approximate surface area is 80.9 Å². The van der Waals surface area contributed by atoms with Crippen molar-refractivity contribution in [3.63, 3.8) is 0 Å². The van der Waals surface area contributed by atoms with Gasteiger partial charge < -0.3 is 15.7 Å². The Hall–Kier alpha value is -0.120. The first-order valence-electron chi connectivity index (χ1n) is 5.25. The molecule has 0 amide bonds. The minimum absolute atomic E-state index is 0.216. The fourth-order valence-electron chi connectivity index (χ4n) is 2.06. The first-order valence-corrected chi connectivity index (χ1v) is 5.25. The lowest BCUT2D eigenvalue weighted by molar-refractivity contribution is 0.0899. The van der Waals surface area contributed by atoms with E-state index in [0.29, 0.717) is 5.92 Å². The summed E-state index contributed by atoms with van der Waals surface area (Å²) >= 11 is 0. The molecule has 0 aromatic carbocycles. The van der Waals surface area contributed by atoms with Gasteiger partial charge in [0.15, 0.2) is 0 Å². The molecule has 1 saturated heterocycles. The van der Waals surface area contributed by atoms with Gasteiger partial charge >= 0.3 is 0 Å². The zero-order valence-corrected chi connectivity index (χ0v) is 8.74. The summed E-state index contributed by atoms with van der Waals surface area (Å²) in [5.74, 6) is 0.618. The van der Waals surface area contributed by atoms with Crippen LogP contribution in [-0.4, -0.2) is 41.8 Å². The number of aliphatic hydroxyl groups excluding tert-OH is 1. The molecule has 0 spiro atoms. The van der Waals surface area contributed by atoms with Crippen molar-refractivity contribution in [2.45, 2.75) is 38.8 Å². The molecule has 3 nitrogen and oxygen atoms in total. The van der Waals surface area contributed by atoms with E-state index in [0.717, 1.165) is 19.6 Å². The number of piperidine rings is 1. The van der Waals surface area contributed by atoms with Gasteiger partial charge in [0.05, 0.1) is 6.10 Å². The third-order valence-electron chi connectivity index (χ3n) is 2.81. The zero-order chi connectivity index (χ0) is 9.84. The first-order chi connectivity index (χ1) is 6.09. The standard InChI is InChI=1S/C10H22N2O/c1-8(13)6-12-5-3-4-10(7-12)9(2)11/h8-10,13H,3-7,11H2,1-2H3/t8-,9?,10?/m1/s1. The van der Waals surface area contributed by atoms with Crippen LogP contribution in [-0.2, 0) is 0 Å². The molecule has 0 aromatic rings. The molecule has 0 aromatic heterocycles. The second-order valence-corrected chi connectivity index (χ2v) is 4.37. The van der Waals surface area contributed by atoms with E-state index in [4.69, 9.17) is 5.73 Å². The zero-order valence-electron chi connectivity index (χ0n) is 8.74. The van der Waals surface area contributed by atoms with Crippen LogP contribution in [0.25, 0.3) is 0 Å². The lowest BCUT2D eigenvalue weighted by Crippen LogP contribution is -2.44.